The first-order chi connectivity index (χ1) is 23.5. The lowest BCUT2D eigenvalue weighted by molar-refractivity contribution is -0.341. The van der Waals surface area contributed by atoms with Crippen LogP contribution < -0.4 is 0 Å². The topological polar surface area (TPSA) is 212 Å². The van der Waals surface area contributed by atoms with Crippen LogP contribution in [0.4, 0.5) is 0 Å². The van der Waals surface area contributed by atoms with E-state index in [9.17, 15) is 33.6 Å². The minimum Gasteiger partial charge on any atom is -0.463 e. The summed E-state index contributed by atoms with van der Waals surface area (Å²) >= 11 is 1.12. The maximum atomic E-state index is 12.5. The minimum atomic E-state index is -1.75. The lowest BCUT2D eigenvalue weighted by atomic mass is 9.96. The molecule has 2 saturated heterocycles. The van der Waals surface area contributed by atoms with Crippen molar-refractivity contribution < 1.29 is 80.9 Å². The van der Waals surface area contributed by atoms with E-state index in [0.717, 1.165) is 60.2 Å². The monoisotopic (exact) mass is 728 g/mol. The number of hydrogen-bond acceptors (Lipinski definition) is 18. The smallest absolute Gasteiger partial charge is 0.303 e. The second-order valence-corrected chi connectivity index (χ2v) is 12.3. The molecule has 0 bridgehead atoms. The van der Waals surface area contributed by atoms with Crippen LogP contribution in [0, 0.1) is 0 Å². The van der Waals surface area contributed by atoms with Gasteiger partial charge in [0.15, 0.2) is 36.8 Å². The molecule has 10 atom stereocenters. The minimum absolute atomic E-state index is 0.471. The van der Waals surface area contributed by atoms with E-state index in [4.69, 9.17) is 47.4 Å². The zero-order valence-corrected chi connectivity index (χ0v) is 29.2. The standard InChI is InChI=1S/C32H40O17S/c1-15(33)40-13-23-25(42-17(3)35)27(43-18(4)36)29(45-20(6)38)31(47-23)49-26-24(14-41-16(2)34)48-32(50-22-11-9-8-10-12-22)30(46-21(7)39)28(26)44-19(5)37/h8-12,23-32H,13-14H2,1-7H3/t23-,24-,25+,26+,27-,28-,29+,30+,31+,32-/m0/s1. The third-order valence-corrected chi connectivity index (χ3v) is 8.04. The van der Waals surface area contributed by atoms with E-state index in [0.29, 0.717) is 4.90 Å². The Morgan fingerprint density at radius 2 is 0.940 bits per heavy atom. The Morgan fingerprint density at radius 3 is 1.42 bits per heavy atom. The second-order valence-electron chi connectivity index (χ2n) is 11.1. The summed E-state index contributed by atoms with van der Waals surface area (Å²) in [4.78, 5) is 86.2. The van der Waals surface area contributed by atoms with Crippen molar-refractivity contribution in [3.05, 3.63) is 30.3 Å². The molecule has 1 aromatic rings. The van der Waals surface area contributed by atoms with E-state index in [1.165, 1.54) is 0 Å². The molecular formula is C32H40O17S. The second kappa shape index (κ2) is 18.7. The number of thioether (sulfide) groups is 1. The Labute approximate surface area is 291 Å². The molecule has 2 aliphatic rings. The van der Waals surface area contributed by atoms with Crippen molar-refractivity contribution in [2.24, 2.45) is 0 Å². The van der Waals surface area contributed by atoms with Gasteiger partial charge in [-0.3, -0.25) is 33.6 Å². The first kappa shape index (κ1) is 40.2. The normalized spacial score (nSPS) is 29.0. The molecule has 0 aliphatic carbocycles. The summed E-state index contributed by atoms with van der Waals surface area (Å²) in [7, 11) is 0. The van der Waals surface area contributed by atoms with E-state index in [-0.39, 0.29) is 0 Å². The van der Waals surface area contributed by atoms with Crippen molar-refractivity contribution >= 4 is 53.5 Å². The van der Waals surface area contributed by atoms with Crippen molar-refractivity contribution in [1.82, 2.24) is 0 Å². The lowest BCUT2D eigenvalue weighted by Gasteiger charge is -2.48. The molecule has 3 rings (SSSR count). The molecular weight excluding hydrogens is 688 g/mol. The fourth-order valence-electron chi connectivity index (χ4n) is 5.20. The quantitative estimate of drug-likeness (QED) is 0.207. The summed E-state index contributed by atoms with van der Waals surface area (Å²) < 4.78 is 56.8. The van der Waals surface area contributed by atoms with Crippen LogP contribution in [0.15, 0.2) is 35.2 Å². The van der Waals surface area contributed by atoms with Gasteiger partial charge in [0.05, 0.1) is 0 Å². The fraction of sp³-hybridized carbons (Fsp3) is 0.594. The maximum Gasteiger partial charge on any atom is 0.303 e. The van der Waals surface area contributed by atoms with E-state index >= 15 is 0 Å². The molecule has 2 heterocycles. The number of benzene rings is 1. The van der Waals surface area contributed by atoms with Gasteiger partial charge in [0, 0.05) is 53.4 Å². The molecule has 0 aromatic heterocycles. The molecule has 18 heteroatoms. The zero-order chi connectivity index (χ0) is 37.1. The summed E-state index contributed by atoms with van der Waals surface area (Å²) in [6.45, 7) is 6.66. The highest BCUT2D eigenvalue weighted by molar-refractivity contribution is 7.99. The van der Waals surface area contributed by atoms with Gasteiger partial charge in [-0.05, 0) is 12.1 Å². The fourth-order valence-corrected chi connectivity index (χ4v) is 6.33. The van der Waals surface area contributed by atoms with Crippen LogP contribution >= 0.6 is 11.8 Å². The predicted octanol–water partition coefficient (Wildman–Crippen LogP) is 1.40. The Balaban J connectivity index is 2.16. The van der Waals surface area contributed by atoms with E-state index in [2.05, 4.69) is 0 Å². The van der Waals surface area contributed by atoms with Crippen molar-refractivity contribution in [3.63, 3.8) is 0 Å². The van der Waals surface area contributed by atoms with Crippen LogP contribution in [0.25, 0.3) is 0 Å². The highest BCUT2D eigenvalue weighted by Gasteiger charge is 2.57. The molecule has 0 radical (unpaired) electrons. The van der Waals surface area contributed by atoms with Crippen LogP contribution in [-0.2, 0) is 80.9 Å². The molecule has 2 fully saturated rings. The average Bonchev–Trinajstić information content (AvgIpc) is 3.00. The molecule has 1 aromatic carbocycles. The van der Waals surface area contributed by atoms with Gasteiger partial charge in [-0.2, -0.15) is 0 Å². The molecule has 50 heavy (non-hydrogen) atoms. The van der Waals surface area contributed by atoms with Gasteiger partial charge in [-0.25, -0.2) is 0 Å². The molecule has 2 aliphatic heterocycles. The lowest BCUT2D eigenvalue weighted by Crippen LogP contribution is -2.66. The Bertz CT molecular complexity index is 1390. The summed E-state index contributed by atoms with van der Waals surface area (Å²) in [5.74, 6) is -5.63. The number of rotatable bonds is 13. The van der Waals surface area contributed by atoms with E-state index in [1.54, 1.807) is 30.3 Å². The third kappa shape index (κ3) is 12.0. The van der Waals surface area contributed by atoms with Gasteiger partial charge in [-0.1, -0.05) is 30.0 Å². The number of carbonyl (C=O) groups excluding carboxylic acids is 7. The largest absolute Gasteiger partial charge is 0.463 e. The van der Waals surface area contributed by atoms with Gasteiger partial charge in [0.25, 0.3) is 0 Å². The number of hydrogen-bond donors (Lipinski definition) is 0. The van der Waals surface area contributed by atoms with Gasteiger partial charge in [0.2, 0.25) is 0 Å². The van der Waals surface area contributed by atoms with Crippen molar-refractivity contribution in [2.75, 3.05) is 13.2 Å². The van der Waals surface area contributed by atoms with Gasteiger partial charge in [0.1, 0.15) is 37.0 Å². The molecule has 0 saturated carbocycles. The van der Waals surface area contributed by atoms with Crippen LogP contribution in [0.2, 0.25) is 0 Å². The molecule has 0 unspecified atom stereocenters. The Kier molecular flexibility index (Phi) is 15.0. The molecule has 276 valence electrons. The van der Waals surface area contributed by atoms with Crippen LogP contribution in [-0.4, -0.2) is 116 Å². The van der Waals surface area contributed by atoms with Crippen LogP contribution in [0.5, 0.6) is 0 Å². The molecule has 0 spiro atoms. The number of ether oxygens (including phenoxy) is 10. The van der Waals surface area contributed by atoms with Gasteiger partial charge >= 0.3 is 41.8 Å². The Hall–Kier alpha value is -4.26. The first-order valence-corrected chi connectivity index (χ1v) is 16.2. The van der Waals surface area contributed by atoms with Crippen molar-refractivity contribution in [2.45, 2.75) is 114 Å². The maximum absolute atomic E-state index is 12.5. The summed E-state index contributed by atoms with van der Waals surface area (Å²) in [6, 6.07) is 8.85. The molecule has 0 N–H and O–H groups in total. The van der Waals surface area contributed by atoms with Crippen molar-refractivity contribution in [1.29, 1.82) is 0 Å². The molecule has 17 nitrogen and oxygen atoms in total. The number of esters is 7. The SMILES string of the molecule is CC(=O)OC[C@@H]1O[C@@H](Sc2ccccc2)[C@H](OC(C)=O)[C@@H](OC(C)=O)[C@@H]1O[C@H]1O[C@@H](COC(C)=O)[C@@H](OC(C)=O)[C@H](OC(C)=O)[C@H]1OC(C)=O. The summed E-state index contributed by atoms with van der Waals surface area (Å²) in [5.41, 5.74) is -1.05. The zero-order valence-electron chi connectivity index (χ0n) is 28.4. The highest BCUT2D eigenvalue weighted by atomic mass is 32.2. The third-order valence-electron chi connectivity index (χ3n) is 6.88. The summed E-state index contributed by atoms with van der Waals surface area (Å²) in [5, 5.41) is 0. The average molecular weight is 729 g/mol. The summed E-state index contributed by atoms with van der Waals surface area (Å²) in [6.07, 6.45) is -13.4. The van der Waals surface area contributed by atoms with Gasteiger partial charge < -0.3 is 47.4 Å². The van der Waals surface area contributed by atoms with Gasteiger partial charge in [-0.15, -0.1) is 0 Å². The first-order valence-electron chi connectivity index (χ1n) is 15.4. The predicted molar refractivity (Wildman–Crippen MR) is 166 cm³/mol. The molecule has 0 amide bonds. The van der Waals surface area contributed by atoms with Crippen molar-refractivity contribution in [3.8, 4) is 0 Å². The number of carbonyl (C=O) groups is 7. The van der Waals surface area contributed by atoms with E-state index in [1.807, 2.05) is 0 Å². The highest BCUT2D eigenvalue weighted by Crippen LogP contribution is 2.39. The van der Waals surface area contributed by atoms with Crippen LogP contribution in [0.1, 0.15) is 48.5 Å². The Morgan fingerprint density at radius 1 is 0.520 bits per heavy atom. The van der Waals surface area contributed by atoms with Crippen LogP contribution in [0.3, 0.4) is 0 Å². The van der Waals surface area contributed by atoms with E-state index < -0.39 is 116 Å².